The van der Waals surface area contributed by atoms with E-state index in [0.29, 0.717) is 13.2 Å². The monoisotopic (exact) mass is 530 g/mol. The van der Waals surface area contributed by atoms with Gasteiger partial charge in [-0.3, -0.25) is 4.99 Å². The molecule has 0 bridgehead atoms. The average Bonchev–Trinajstić information content (AvgIpc) is 3.11. The fourth-order valence-electron chi connectivity index (χ4n) is 3.42. The Balaban J connectivity index is 0.00000300. The van der Waals surface area contributed by atoms with Gasteiger partial charge in [-0.15, -0.1) is 35.3 Å². The van der Waals surface area contributed by atoms with Crippen molar-refractivity contribution in [2.45, 2.75) is 45.7 Å². The van der Waals surface area contributed by atoms with Crippen LogP contribution in [0.3, 0.4) is 0 Å². The van der Waals surface area contributed by atoms with Gasteiger partial charge in [0.1, 0.15) is 5.01 Å². The van der Waals surface area contributed by atoms with Crippen molar-refractivity contribution in [3.05, 3.63) is 39.3 Å². The summed E-state index contributed by atoms with van der Waals surface area (Å²) in [6, 6.07) is 5.99. The second-order valence-corrected chi connectivity index (χ2v) is 8.03. The summed E-state index contributed by atoms with van der Waals surface area (Å²) >= 11 is 1.85. The smallest absolute Gasteiger partial charge is 0.194 e. The lowest BCUT2D eigenvalue weighted by molar-refractivity contribution is 0.310. The molecule has 1 heterocycles. The van der Waals surface area contributed by atoms with Crippen LogP contribution in [0.1, 0.15) is 40.9 Å². The molecule has 0 amide bonds. The molecule has 1 aromatic carbocycles. The molecule has 0 spiro atoms. The van der Waals surface area contributed by atoms with Crippen molar-refractivity contribution < 1.29 is 9.47 Å². The van der Waals surface area contributed by atoms with Gasteiger partial charge >= 0.3 is 0 Å². The molecular weight excluding hydrogens is 499 g/mol. The number of fused-ring (bicyclic) bond motifs is 1. The number of methoxy groups -OCH3 is 1. The van der Waals surface area contributed by atoms with Crippen LogP contribution < -0.4 is 14.8 Å². The average molecular weight is 530 g/mol. The number of nitrogens with zero attached hydrogens (tertiary/aromatic N) is 3. The van der Waals surface area contributed by atoms with Crippen molar-refractivity contribution in [2.75, 3.05) is 27.8 Å². The van der Waals surface area contributed by atoms with Crippen LogP contribution in [0.15, 0.2) is 23.2 Å². The first kappa shape index (κ1) is 23.7. The number of hydrogen-bond acceptors (Lipinski definition) is 5. The highest BCUT2D eigenvalue weighted by atomic mass is 127. The Kier molecular flexibility index (Phi) is 9.48. The molecule has 1 aliphatic carbocycles. The Morgan fingerprint density at radius 2 is 2.07 bits per heavy atom. The third-order valence-electron chi connectivity index (χ3n) is 4.81. The molecule has 0 atom stereocenters. The number of hydrogen-bond donors (Lipinski definition) is 1. The number of aryl methyl sites for hydroxylation is 2. The molecule has 0 fully saturated rings. The Labute approximate surface area is 194 Å². The summed E-state index contributed by atoms with van der Waals surface area (Å²) in [5, 5.41) is 4.60. The number of aromatic nitrogens is 1. The number of benzene rings is 1. The maximum atomic E-state index is 5.67. The van der Waals surface area contributed by atoms with Crippen LogP contribution in [0.25, 0.3) is 0 Å². The van der Waals surface area contributed by atoms with E-state index < -0.39 is 0 Å². The molecule has 0 unspecified atom stereocenters. The minimum atomic E-state index is 0. The molecule has 0 radical (unpaired) electrons. The molecule has 2 aromatic rings. The van der Waals surface area contributed by atoms with Crippen molar-refractivity contribution >= 4 is 41.3 Å². The van der Waals surface area contributed by atoms with Crippen LogP contribution in [-0.2, 0) is 25.9 Å². The van der Waals surface area contributed by atoms with Crippen molar-refractivity contribution in [2.24, 2.45) is 4.99 Å². The summed E-state index contributed by atoms with van der Waals surface area (Å²) in [4.78, 5) is 12.9. The maximum absolute atomic E-state index is 5.67. The molecule has 160 valence electrons. The zero-order valence-corrected chi connectivity index (χ0v) is 20.8. The number of aliphatic imine (C=N–C) groups is 1. The highest BCUT2D eigenvalue weighted by Crippen LogP contribution is 2.28. The van der Waals surface area contributed by atoms with Crippen molar-refractivity contribution in [3.63, 3.8) is 0 Å². The van der Waals surface area contributed by atoms with E-state index in [2.05, 4.69) is 22.3 Å². The third kappa shape index (κ3) is 6.21. The number of thiazole rings is 1. The minimum absolute atomic E-state index is 0. The summed E-state index contributed by atoms with van der Waals surface area (Å²) in [5.74, 6) is 2.36. The molecule has 1 aliphatic rings. The van der Waals surface area contributed by atoms with Crippen LogP contribution in [0.5, 0.6) is 11.5 Å². The number of ether oxygens (including phenoxy) is 2. The fraction of sp³-hybridized carbons (Fsp3) is 0.524. The van der Waals surface area contributed by atoms with Crippen LogP contribution in [0, 0.1) is 0 Å². The van der Waals surface area contributed by atoms with Gasteiger partial charge in [0.15, 0.2) is 17.5 Å². The lowest BCUT2D eigenvalue weighted by Gasteiger charge is -2.21. The van der Waals surface area contributed by atoms with Gasteiger partial charge in [-0.1, -0.05) is 6.07 Å². The number of guanidine groups is 1. The third-order valence-corrected chi connectivity index (χ3v) is 5.96. The van der Waals surface area contributed by atoms with Crippen LogP contribution in [-0.4, -0.2) is 43.7 Å². The van der Waals surface area contributed by atoms with E-state index in [1.165, 1.54) is 34.8 Å². The van der Waals surface area contributed by atoms with E-state index in [0.717, 1.165) is 36.0 Å². The Morgan fingerprint density at radius 1 is 1.28 bits per heavy atom. The van der Waals surface area contributed by atoms with Gasteiger partial charge in [-0.05, 0) is 50.3 Å². The Hall–Kier alpha value is -1.55. The molecule has 3 rings (SSSR count). The second-order valence-electron chi connectivity index (χ2n) is 6.86. The minimum Gasteiger partial charge on any atom is -0.493 e. The molecule has 1 aromatic heterocycles. The van der Waals surface area contributed by atoms with Gasteiger partial charge in [0.05, 0.1) is 26.0 Å². The summed E-state index contributed by atoms with van der Waals surface area (Å²) in [6.07, 6.45) is 4.87. The van der Waals surface area contributed by atoms with Crippen molar-refractivity contribution in [1.29, 1.82) is 0 Å². The van der Waals surface area contributed by atoms with E-state index in [1.807, 2.05) is 43.5 Å². The lowest BCUT2D eigenvalue weighted by atomic mass is 10.0. The fourth-order valence-corrected chi connectivity index (χ4v) is 4.63. The zero-order chi connectivity index (χ0) is 19.9. The van der Waals surface area contributed by atoms with Crippen LogP contribution in [0.4, 0.5) is 0 Å². The molecule has 1 N–H and O–H groups in total. The molecule has 6 nitrogen and oxygen atoms in total. The van der Waals surface area contributed by atoms with Gasteiger partial charge in [0, 0.05) is 25.5 Å². The van der Waals surface area contributed by atoms with E-state index in [9.17, 15) is 0 Å². The standard InChI is InChI=1S/C21H30N4O2S.HI/c1-5-27-18-12-15(10-11-17(18)26-4)13-23-21(22-2)25(3)14-20-24-16-8-6-7-9-19(16)28-20;/h10-12H,5-9,13-14H2,1-4H3,(H,22,23);1H. The van der Waals surface area contributed by atoms with Crippen LogP contribution >= 0.6 is 35.3 Å². The summed E-state index contributed by atoms with van der Waals surface area (Å²) < 4.78 is 11.0. The van der Waals surface area contributed by atoms with Gasteiger partial charge < -0.3 is 19.7 Å². The van der Waals surface area contributed by atoms with Crippen molar-refractivity contribution in [1.82, 2.24) is 15.2 Å². The van der Waals surface area contributed by atoms with Gasteiger partial charge in [-0.25, -0.2) is 4.98 Å². The molecule has 0 saturated heterocycles. The largest absolute Gasteiger partial charge is 0.493 e. The molecule has 0 saturated carbocycles. The number of nitrogens with one attached hydrogen (secondary N) is 1. The zero-order valence-electron chi connectivity index (χ0n) is 17.7. The second kappa shape index (κ2) is 11.6. The molecule has 0 aliphatic heterocycles. The first-order valence-electron chi connectivity index (χ1n) is 9.83. The highest BCUT2D eigenvalue weighted by Gasteiger charge is 2.17. The molecule has 8 heteroatoms. The van der Waals surface area contributed by atoms with E-state index in [-0.39, 0.29) is 24.0 Å². The highest BCUT2D eigenvalue weighted by molar-refractivity contribution is 14.0. The predicted octanol–water partition coefficient (Wildman–Crippen LogP) is 4.25. The van der Waals surface area contributed by atoms with Gasteiger partial charge in [-0.2, -0.15) is 0 Å². The van der Waals surface area contributed by atoms with E-state index in [1.54, 1.807) is 7.11 Å². The topological polar surface area (TPSA) is 59.0 Å². The number of rotatable bonds is 7. The maximum Gasteiger partial charge on any atom is 0.194 e. The first-order chi connectivity index (χ1) is 13.6. The summed E-state index contributed by atoms with van der Waals surface area (Å²) in [7, 11) is 5.52. The van der Waals surface area contributed by atoms with Crippen LogP contribution in [0.2, 0.25) is 0 Å². The first-order valence-corrected chi connectivity index (χ1v) is 10.6. The van der Waals surface area contributed by atoms with E-state index in [4.69, 9.17) is 14.5 Å². The van der Waals surface area contributed by atoms with Gasteiger partial charge in [0.25, 0.3) is 0 Å². The lowest BCUT2D eigenvalue weighted by Crippen LogP contribution is -2.38. The SMILES string of the molecule is CCOc1cc(CNC(=NC)N(C)Cc2nc3c(s2)CCCC3)ccc1OC.I. The predicted molar refractivity (Wildman–Crippen MR) is 130 cm³/mol. The summed E-state index contributed by atoms with van der Waals surface area (Å²) in [6.45, 7) is 4.01. The Bertz CT molecular complexity index is 802. The normalized spacial score (nSPS) is 13.3. The number of halogens is 1. The van der Waals surface area contributed by atoms with E-state index >= 15 is 0 Å². The van der Waals surface area contributed by atoms with Gasteiger partial charge in [0.2, 0.25) is 0 Å². The quantitative estimate of drug-likeness (QED) is 0.330. The summed E-state index contributed by atoms with van der Waals surface area (Å²) in [5.41, 5.74) is 2.42. The molecule has 29 heavy (non-hydrogen) atoms. The molecular formula is C21H31IN4O2S. The van der Waals surface area contributed by atoms with Crippen molar-refractivity contribution in [3.8, 4) is 11.5 Å². The Morgan fingerprint density at radius 3 is 2.76 bits per heavy atom.